The average Bonchev–Trinajstić information content (AvgIpc) is 2.84. The fourth-order valence-electron chi connectivity index (χ4n) is 4.35. The van der Waals surface area contributed by atoms with E-state index < -0.39 is 0 Å². The third-order valence-electron chi connectivity index (χ3n) is 5.77. The molecular formula is C19H27N3O2. The third kappa shape index (κ3) is 2.93. The molecule has 1 saturated heterocycles. The fraction of sp³-hybridized carbons (Fsp3) is 0.579. The number of nitrogens with zero attached hydrogens (tertiary/aromatic N) is 2. The van der Waals surface area contributed by atoms with Gasteiger partial charge in [0, 0.05) is 12.1 Å². The van der Waals surface area contributed by atoms with Crippen LogP contribution in [-0.2, 0) is 10.3 Å². The Morgan fingerprint density at radius 3 is 2.33 bits per heavy atom. The number of amides is 2. The van der Waals surface area contributed by atoms with Gasteiger partial charge in [0.05, 0.1) is 12.1 Å². The molecule has 130 valence electrons. The van der Waals surface area contributed by atoms with Crippen LogP contribution in [0.15, 0.2) is 30.3 Å². The molecule has 1 aliphatic carbocycles. The highest BCUT2D eigenvalue weighted by Crippen LogP contribution is 2.45. The Bertz CT molecular complexity index is 619. The summed E-state index contributed by atoms with van der Waals surface area (Å²) in [6.45, 7) is 2.39. The Balaban J connectivity index is 1.77. The second-order valence-electron chi connectivity index (χ2n) is 7.56. The molecule has 0 unspecified atom stereocenters. The SMILES string of the molecule is CC(=O)CN1CC2(CCC(c3ccccc3)(N(C)C)CC2)NC1=O. The number of rotatable bonds is 4. The van der Waals surface area contributed by atoms with Crippen LogP contribution < -0.4 is 5.32 Å². The van der Waals surface area contributed by atoms with Gasteiger partial charge in [-0.25, -0.2) is 4.79 Å². The molecule has 1 heterocycles. The molecule has 0 radical (unpaired) electrons. The fourth-order valence-corrected chi connectivity index (χ4v) is 4.35. The maximum atomic E-state index is 12.2. The maximum absolute atomic E-state index is 12.2. The quantitative estimate of drug-likeness (QED) is 0.923. The van der Waals surface area contributed by atoms with Gasteiger partial charge in [-0.3, -0.25) is 9.69 Å². The lowest BCUT2D eigenvalue weighted by molar-refractivity contribution is -0.117. The van der Waals surface area contributed by atoms with E-state index in [0.29, 0.717) is 6.54 Å². The molecule has 1 N–H and O–H groups in total. The van der Waals surface area contributed by atoms with Gasteiger partial charge >= 0.3 is 6.03 Å². The highest BCUT2D eigenvalue weighted by atomic mass is 16.2. The van der Waals surface area contributed by atoms with E-state index in [9.17, 15) is 9.59 Å². The number of carbonyl (C=O) groups is 2. The number of hydrogen-bond acceptors (Lipinski definition) is 3. The normalized spacial score (nSPS) is 30.0. The molecule has 2 amide bonds. The highest BCUT2D eigenvalue weighted by molar-refractivity contribution is 5.85. The monoisotopic (exact) mass is 329 g/mol. The topological polar surface area (TPSA) is 52.7 Å². The van der Waals surface area contributed by atoms with Crippen LogP contribution in [-0.4, -0.2) is 54.3 Å². The van der Waals surface area contributed by atoms with Crippen molar-refractivity contribution in [3.8, 4) is 0 Å². The molecule has 5 heteroatoms. The summed E-state index contributed by atoms with van der Waals surface area (Å²) in [5, 5.41) is 3.17. The molecule has 1 aromatic carbocycles. The molecule has 1 saturated carbocycles. The molecular weight excluding hydrogens is 302 g/mol. The Kier molecular flexibility index (Phi) is 4.38. The largest absolute Gasteiger partial charge is 0.331 e. The third-order valence-corrected chi connectivity index (χ3v) is 5.77. The Morgan fingerprint density at radius 1 is 1.17 bits per heavy atom. The van der Waals surface area contributed by atoms with E-state index in [4.69, 9.17) is 0 Å². The summed E-state index contributed by atoms with van der Waals surface area (Å²) in [6, 6.07) is 10.5. The molecule has 0 bridgehead atoms. The van der Waals surface area contributed by atoms with E-state index in [-0.39, 0.29) is 29.4 Å². The van der Waals surface area contributed by atoms with Crippen molar-refractivity contribution in [2.75, 3.05) is 27.2 Å². The van der Waals surface area contributed by atoms with Gasteiger partial charge in [-0.05, 0) is 52.3 Å². The van der Waals surface area contributed by atoms with Gasteiger partial charge in [0.15, 0.2) is 0 Å². The van der Waals surface area contributed by atoms with Crippen LogP contribution >= 0.6 is 0 Å². The minimum absolute atomic E-state index is 0.0191. The first kappa shape index (κ1) is 17.0. The Morgan fingerprint density at radius 2 is 1.79 bits per heavy atom. The Labute approximate surface area is 144 Å². The van der Waals surface area contributed by atoms with Gasteiger partial charge in [0.25, 0.3) is 0 Å². The smallest absolute Gasteiger partial charge is 0.318 e. The minimum atomic E-state index is -0.180. The van der Waals surface area contributed by atoms with Crippen LogP contribution in [0.3, 0.4) is 0 Å². The van der Waals surface area contributed by atoms with Crippen molar-refractivity contribution in [3.05, 3.63) is 35.9 Å². The number of carbonyl (C=O) groups excluding carboxylic acids is 2. The molecule has 1 spiro atoms. The second kappa shape index (κ2) is 6.20. The summed E-state index contributed by atoms with van der Waals surface area (Å²) < 4.78 is 0. The van der Waals surface area contributed by atoms with Crippen LogP contribution in [0.2, 0.25) is 0 Å². The van der Waals surface area contributed by atoms with E-state index in [1.54, 1.807) is 4.90 Å². The van der Waals surface area contributed by atoms with Crippen molar-refractivity contribution in [2.24, 2.45) is 0 Å². The molecule has 24 heavy (non-hydrogen) atoms. The standard InChI is InChI=1S/C19H27N3O2/c1-15(23)13-22-14-18(20-17(22)24)9-11-19(12-10-18,21(2)3)16-7-5-4-6-8-16/h4-8H,9-14H2,1-3H3,(H,20,24). The minimum Gasteiger partial charge on any atom is -0.331 e. The zero-order chi connectivity index (χ0) is 17.4. The van der Waals surface area contributed by atoms with Crippen molar-refractivity contribution >= 4 is 11.8 Å². The number of Topliss-reactive ketones (excluding diaryl/α,β-unsaturated/α-hetero) is 1. The molecule has 2 fully saturated rings. The first-order chi connectivity index (χ1) is 11.4. The highest BCUT2D eigenvalue weighted by Gasteiger charge is 2.49. The van der Waals surface area contributed by atoms with E-state index >= 15 is 0 Å². The molecule has 3 rings (SSSR count). The van der Waals surface area contributed by atoms with Gasteiger partial charge in [0.2, 0.25) is 0 Å². The number of benzene rings is 1. The van der Waals surface area contributed by atoms with Crippen LogP contribution in [0.25, 0.3) is 0 Å². The number of hydrogen-bond donors (Lipinski definition) is 1. The predicted octanol–water partition coefficient (Wildman–Crippen LogP) is 2.37. The van der Waals surface area contributed by atoms with Gasteiger partial charge < -0.3 is 10.2 Å². The van der Waals surface area contributed by atoms with Crippen molar-refractivity contribution < 1.29 is 9.59 Å². The first-order valence-electron chi connectivity index (χ1n) is 8.66. The van der Waals surface area contributed by atoms with Crippen molar-refractivity contribution in [1.82, 2.24) is 15.1 Å². The van der Waals surface area contributed by atoms with Crippen molar-refractivity contribution in [1.29, 1.82) is 0 Å². The molecule has 2 aliphatic rings. The Hall–Kier alpha value is -1.88. The predicted molar refractivity (Wildman–Crippen MR) is 93.8 cm³/mol. The van der Waals surface area contributed by atoms with E-state index in [2.05, 4.69) is 48.6 Å². The van der Waals surface area contributed by atoms with E-state index in [1.807, 2.05) is 6.07 Å². The van der Waals surface area contributed by atoms with Crippen LogP contribution in [0.4, 0.5) is 4.79 Å². The summed E-state index contributed by atoms with van der Waals surface area (Å²) in [5.41, 5.74) is 1.18. The van der Waals surface area contributed by atoms with Gasteiger partial charge in [-0.1, -0.05) is 30.3 Å². The van der Waals surface area contributed by atoms with Crippen molar-refractivity contribution in [3.63, 3.8) is 0 Å². The van der Waals surface area contributed by atoms with Gasteiger partial charge in [0.1, 0.15) is 5.78 Å². The molecule has 0 aromatic heterocycles. The lowest BCUT2D eigenvalue weighted by Gasteiger charge is -2.48. The van der Waals surface area contributed by atoms with E-state index in [0.717, 1.165) is 25.7 Å². The van der Waals surface area contributed by atoms with E-state index in [1.165, 1.54) is 12.5 Å². The van der Waals surface area contributed by atoms with Crippen molar-refractivity contribution in [2.45, 2.75) is 43.7 Å². The summed E-state index contributed by atoms with van der Waals surface area (Å²) in [6.07, 6.45) is 3.86. The zero-order valence-electron chi connectivity index (χ0n) is 14.8. The van der Waals surface area contributed by atoms with Gasteiger partial charge in [-0.15, -0.1) is 0 Å². The lowest BCUT2D eigenvalue weighted by Crippen LogP contribution is -2.54. The van der Waals surface area contributed by atoms with Gasteiger partial charge in [-0.2, -0.15) is 0 Å². The lowest BCUT2D eigenvalue weighted by atomic mass is 9.69. The van der Waals surface area contributed by atoms with Crippen LogP contribution in [0, 0.1) is 0 Å². The number of urea groups is 1. The number of ketones is 1. The summed E-state index contributed by atoms with van der Waals surface area (Å²) >= 11 is 0. The molecule has 1 aromatic rings. The maximum Gasteiger partial charge on any atom is 0.318 e. The van der Waals surface area contributed by atoms with Crippen LogP contribution in [0.5, 0.6) is 0 Å². The zero-order valence-corrected chi connectivity index (χ0v) is 14.8. The second-order valence-corrected chi connectivity index (χ2v) is 7.56. The summed E-state index contributed by atoms with van der Waals surface area (Å²) in [7, 11) is 4.28. The number of nitrogens with one attached hydrogen (secondary N) is 1. The summed E-state index contributed by atoms with van der Waals surface area (Å²) in [4.78, 5) is 27.5. The average molecular weight is 329 g/mol. The molecule has 5 nitrogen and oxygen atoms in total. The molecule has 1 aliphatic heterocycles. The van der Waals surface area contributed by atoms with Crippen LogP contribution in [0.1, 0.15) is 38.2 Å². The molecule has 0 atom stereocenters. The first-order valence-corrected chi connectivity index (χ1v) is 8.66. The summed E-state index contributed by atoms with van der Waals surface area (Å²) in [5.74, 6) is 0.0323.